The van der Waals surface area contributed by atoms with Gasteiger partial charge in [-0.1, -0.05) is 38.1 Å². The zero-order chi connectivity index (χ0) is 19.9. The standard InChI is InChI=1S/C24H32N2O2/c1-18(2)21-8-4-19(5-9-21)14-15-25-24(27)17-26(22-10-11-22)16-20-6-12-23(28-3)13-7-20/h4-9,12-13,18,22H,10-11,14-17H2,1-3H3,(H,25,27)/p+1. The van der Waals surface area contributed by atoms with Crippen molar-refractivity contribution in [1.29, 1.82) is 0 Å². The van der Waals surface area contributed by atoms with Gasteiger partial charge in [0.1, 0.15) is 12.3 Å². The van der Waals surface area contributed by atoms with Crippen LogP contribution in [0.1, 0.15) is 49.3 Å². The summed E-state index contributed by atoms with van der Waals surface area (Å²) in [6, 6.07) is 17.5. The molecule has 1 unspecified atom stereocenters. The maximum absolute atomic E-state index is 12.5. The third-order valence-corrected chi connectivity index (χ3v) is 5.51. The van der Waals surface area contributed by atoms with Crippen LogP contribution in [0, 0.1) is 0 Å². The average molecular weight is 382 g/mol. The first-order valence-corrected chi connectivity index (χ1v) is 10.4. The first-order valence-electron chi connectivity index (χ1n) is 10.4. The number of nitrogens with one attached hydrogen (secondary N) is 2. The maximum Gasteiger partial charge on any atom is 0.275 e. The van der Waals surface area contributed by atoms with Crippen molar-refractivity contribution in [2.75, 3.05) is 20.2 Å². The molecular formula is C24H33N2O2+. The van der Waals surface area contributed by atoms with Gasteiger partial charge in [0, 0.05) is 24.9 Å². The van der Waals surface area contributed by atoms with E-state index in [0.29, 0.717) is 25.0 Å². The number of hydrogen-bond acceptors (Lipinski definition) is 2. The fourth-order valence-corrected chi connectivity index (χ4v) is 3.53. The van der Waals surface area contributed by atoms with Gasteiger partial charge in [0.05, 0.1) is 13.2 Å². The molecule has 3 rings (SSSR count). The molecule has 0 aromatic heterocycles. The molecule has 0 heterocycles. The van der Waals surface area contributed by atoms with Crippen LogP contribution in [0.5, 0.6) is 5.75 Å². The van der Waals surface area contributed by atoms with Gasteiger partial charge in [0.25, 0.3) is 5.91 Å². The summed E-state index contributed by atoms with van der Waals surface area (Å²) in [7, 11) is 1.68. The van der Waals surface area contributed by atoms with E-state index in [1.165, 1.54) is 34.4 Å². The van der Waals surface area contributed by atoms with Crippen LogP contribution in [0.15, 0.2) is 48.5 Å². The maximum atomic E-state index is 12.5. The average Bonchev–Trinajstić information content (AvgIpc) is 3.54. The van der Waals surface area contributed by atoms with Gasteiger partial charge in [-0.05, 0) is 47.7 Å². The second kappa shape index (κ2) is 9.74. The van der Waals surface area contributed by atoms with Crippen molar-refractivity contribution in [1.82, 2.24) is 5.32 Å². The molecule has 2 N–H and O–H groups in total. The van der Waals surface area contributed by atoms with Gasteiger partial charge in [0.15, 0.2) is 6.54 Å². The summed E-state index contributed by atoms with van der Waals surface area (Å²) in [5.41, 5.74) is 3.88. The largest absolute Gasteiger partial charge is 0.497 e. The van der Waals surface area contributed by atoms with Gasteiger partial charge < -0.3 is 15.0 Å². The molecule has 0 spiro atoms. The first kappa shape index (κ1) is 20.4. The summed E-state index contributed by atoms with van der Waals surface area (Å²) in [5, 5.41) is 3.11. The summed E-state index contributed by atoms with van der Waals surface area (Å²) in [5.74, 6) is 1.57. The van der Waals surface area contributed by atoms with Crippen LogP contribution in [0.4, 0.5) is 0 Å². The van der Waals surface area contributed by atoms with Crippen LogP contribution < -0.4 is 15.0 Å². The molecule has 1 amide bonds. The lowest BCUT2D eigenvalue weighted by atomic mass is 10.0. The van der Waals surface area contributed by atoms with Crippen LogP contribution >= 0.6 is 0 Å². The lowest BCUT2D eigenvalue weighted by Crippen LogP contribution is -3.13. The van der Waals surface area contributed by atoms with E-state index in [-0.39, 0.29) is 5.91 Å². The Morgan fingerprint density at radius 2 is 1.71 bits per heavy atom. The van der Waals surface area contributed by atoms with Gasteiger partial charge in [-0.3, -0.25) is 4.79 Å². The Kier molecular flexibility index (Phi) is 7.10. The van der Waals surface area contributed by atoms with E-state index in [0.717, 1.165) is 18.7 Å². The Hall–Kier alpha value is -2.33. The zero-order valence-electron chi connectivity index (χ0n) is 17.3. The highest BCUT2D eigenvalue weighted by Gasteiger charge is 2.34. The van der Waals surface area contributed by atoms with Crippen molar-refractivity contribution < 1.29 is 14.4 Å². The molecule has 1 fully saturated rings. The minimum Gasteiger partial charge on any atom is -0.497 e. The minimum atomic E-state index is 0.147. The molecule has 2 aromatic rings. The number of methoxy groups -OCH3 is 1. The molecule has 1 saturated carbocycles. The Morgan fingerprint density at radius 1 is 1.07 bits per heavy atom. The first-order chi connectivity index (χ1) is 13.5. The van der Waals surface area contributed by atoms with E-state index in [9.17, 15) is 4.79 Å². The van der Waals surface area contributed by atoms with Crippen molar-refractivity contribution in [3.05, 3.63) is 65.2 Å². The predicted molar refractivity (Wildman–Crippen MR) is 113 cm³/mol. The van der Waals surface area contributed by atoms with E-state index in [4.69, 9.17) is 4.74 Å². The van der Waals surface area contributed by atoms with Crippen LogP contribution in [0.3, 0.4) is 0 Å². The molecule has 0 radical (unpaired) electrons. The lowest BCUT2D eigenvalue weighted by Gasteiger charge is -2.19. The molecule has 0 aliphatic heterocycles. The summed E-state index contributed by atoms with van der Waals surface area (Å²) in [6.07, 6.45) is 3.32. The van der Waals surface area contributed by atoms with Gasteiger partial charge >= 0.3 is 0 Å². The quantitative estimate of drug-likeness (QED) is 0.665. The van der Waals surface area contributed by atoms with E-state index in [1.54, 1.807) is 7.11 Å². The highest BCUT2D eigenvalue weighted by molar-refractivity contribution is 5.76. The minimum absolute atomic E-state index is 0.147. The van der Waals surface area contributed by atoms with Gasteiger partial charge in [0.2, 0.25) is 0 Å². The molecule has 2 aromatic carbocycles. The fraction of sp³-hybridized carbons (Fsp3) is 0.458. The number of carbonyl (C=O) groups excluding carboxylic acids is 1. The van der Waals surface area contributed by atoms with Gasteiger partial charge in [-0.2, -0.15) is 0 Å². The molecule has 1 aliphatic rings. The number of quaternary nitrogens is 1. The van der Waals surface area contributed by atoms with Crippen LogP contribution in [0.25, 0.3) is 0 Å². The van der Waals surface area contributed by atoms with Gasteiger partial charge in [-0.25, -0.2) is 0 Å². The molecular weight excluding hydrogens is 348 g/mol. The normalized spacial score (nSPS) is 14.7. The van der Waals surface area contributed by atoms with Crippen LogP contribution in [-0.4, -0.2) is 32.1 Å². The Balaban J connectivity index is 1.45. The van der Waals surface area contributed by atoms with Crippen molar-refractivity contribution >= 4 is 5.91 Å². The van der Waals surface area contributed by atoms with Crippen molar-refractivity contribution in [3.63, 3.8) is 0 Å². The lowest BCUT2D eigenvalue weighted by molar-refractivity contribution is -0.917. The third-order valence-electron chi connectivity index (χ3n) is 5.51. The van der Waals surface area contributed by atoms with Crippen molar-refractivity contribution in [3.8, 4) is 5.75 Å². The highest BCUT2D eigenvalue weighted by Crippen LogP contribution is 2.17. The number of carbonyl (C=O) groups is 1. The summed E-state index contributed by atoms with van der Waals surface area (Å²) in [4.78, 5) is 13.8. The molecule has 1 aliphatic carbocycles. The second-order valence-corrected chi connectivity index (χ2v) is 8.13. The topological polar surface area (TPSA) is 42.8 Å². The Bertz CT molecular complexity index is 749. The summed E-state index contributed by atoms with van der Waals surface area (Å²) in [6.45, 7) is 6.53. The molecule has 0 bridgehead atoms. The van der Waals surface area contributed by atoms with E-state index < -0.39 is 0 Å². The fourth-order valence-electron chi connectivity index (χ4n) is 3.53. The second-order valence-electron chi connectivity index (χ2n) is 8.13. The summed E-state index contributed by atoms with van der Waals surface area (Å²) < 4.78 is 5.23. The zero-order valence-corrected chi connectivity index (χ0v) is 17.3. The van der Waals surface area contributed by atoms with E-state index >= 15 is 0 Å². The number of ether oxygens (including phenoxy) is 1. The van der Waals surface area contributed by atoms with Crippen LogP contribution in [0.2, 0.25) is 0 Å². The van der Waals surface area contributed by atoms with E-state index in [1.807, 2.05) is 12.1 Å². The number of rotatable bonds is 10. The smallest absolute Gasteiger partial charge is 0.275 e. The molecule has 4 nitrogen and oxygen atoms in total. The molecule has 0 saturated heterocycles. The number of hydrogen-bond donors (Lipinski definition) is 2. The van der Waals surface area contributed by atoms with Gasteiger partial charge in [-0.15, -0.1) is 0 Å². The predicted octanol–water partition coefficient (Wildman–Crippen LogP) is 2.72. The highest BCUT2D eigenvalue weighted by atomic mass is 16.5. The van der Waals surface area contributed by atoms with Crippen molar-refractivity contribution in [2.24, 2.45) is 0 Å². The molecule has 150 valence electrons. The third kappa shape index (κ3) is 6.10. The SMILES string of the molecule is COc1ccc(C[NH+](CC(=O)NCCc2ccc(C(C)C)cc2)C2CC2)cc1. The van der Waals surface area contributed by atoms with E-state index in [2.05, 4.69) is 55.6 Å². The molecule has 4 heteroatoms. The Morgan fingerprint density at radius 3 is 2.29 bits per heavy atom. The van der Waals surface area contributed by atoms with Crippen molar-refractivity contribution in [2.45, 2.75) is 51.6 Å². The number of amides is 1. The number of benzene rings is 2. The Labute approximate surface area is 168 Å². The summed E-state index contributed by atoms with van der Waals surface area (Å²) >= 11 is 0. The molecule has 1 atom stereocenters. The molecule has 28 heavy (non-hydrogen) atoms. The van der Waals surface area contributed by atoms with Crippen LogP contribution in [-0.2, 0) is 17.8 Å². The monoisotopic (exact) mass is 381 g/mol.